The number of carbonyl (C=O) groups is 1. The Hall–Kier alpha value is -2.27. The summed E-state index contributed by atoms with van der Waals surface area (Å²) < 4.78 is 11.1. The van der Waals surface area contributed by atoms with Gasteiger partial charge in [-0.2, -0.15) is 0 Å². The first kappa shape index (κ1) is 17.5. The maximum absolute atomic E-state index is 12.6. The Morgan fingerprint density at radius 2 is 2.20 bits per heavy atom. The number of hydrogen-bond acceptors (Lipinski definition) is 4. The summed E-state index contributed by atoms with van der Waals surface area (Å²) in [4.78, 5) is 15.9. The highest BCUT2D eigenvalue weighted by atomic mass is 32.1. The third-order valence-corrected chi connectivity index (χ3v) is 5.49. The summed E-state index contributed by atoms with van der Waals surface area (Å²) >= 11 is 1.77. The van der Waals surface area contributed by atoms with Crippen LogP contribution >= 0.6 is 11.3 Å². The Morgan fingerprint density at radius 1 is 1.36 bits per heavy atom. The highest BCUT2D eigenvalue weighted by Gasteiger charge is 2.28. The van der Waals surface area contributed by atoms with Crippen molar-refractivity contribution in [3.8, 4) is 11.5 Å². The number of ether oxygens (including phenoxy) is 2. The third kappa shape index (κ3) is 3.71. The molecule has 25 heavy (non-hydrogen) atoms. The fourth-order valence-corrected chi connectivity index (χ4v) is 4.13. The molecule has 0 spiro atoms. The molecule has 0 aliphatic carbocycles. The zero-order valence-corrected chi connectivity index (χ0v) is 15.6. The molecule has 1 aliphatic heterocycles. The second-order valence-corrected chi connectivity index (χ2v) is 7.01. The molecular formula is C20H23NO3S. The highest BCUT2D eigenvalue weighted by Crippen LogP contribution is 2.33. The molecular weight excluding hydrogens is 334 g/mol. The summed E-state index contributed by atoms with van der Waals surface area (Å²) in [6, 6.07) is 7.92. The van der Waals surface area contributed by atoms with Crippen LogP contribution in [0, 0.1) is 0 Å². The third-order valence-electron chi connectivity index (χ3n) is 4.50. The summed E-state index contributed by atoms with van der Waals surface area (Å²) in [7, 11) is 1.61. The Morgan fingerprint density at radius 3 is 2.96 bits per heavy atom. The van der Waals surface area contributed by atoms with Gasteiger partial charge < -0.3 is 14.4 Å². The first-order valence-corrected chi connectivity index (χ1v) is 9.31. The van der Waals surface area contributed by atoms with Crippen LogP contribution in [0.5, 0.6) is 11.5 Å². The van der Waals surface area contributed by atoms with Gasteiger partial charge in [0.15, 0.2) is 18.1 Å². The van der Waals surface area contributed by atoms with Crippen LogP contribution in [-0.4, -0.2) is 31.1 Å². The number of thiophene rings is 1. The van der Waals surface area contributed by atoms with Gasteiger partial charge in [0.2, 0.25) is 0 Å². The number of benzene rings is 1. The summed E-state index contributed by atoms with van der Waals surface area (Å²) in [5.74, 6) is 1.23. The second kappa shape index (κ2) is 7.74. The Kier molecular flexibility index (Phi) is 5.43. The quantitative estimate of drug-likeness (QED) is 0.800. The minimum absolute atomic E-state index is 0.00364. The average molecular weight is 357 g/mol. The van der Waals surface area contributed by atoms with Crippen LogP contribution in [0.25, 0.3) is 6.08 Å². The van der Waals surface area contributed by atoms with E-state index in [2.05, 4.69) is 18.4 Å². The van der Waals surface area contributed by atoms with Crippen LogP contribution in [-0.2, 0) is 11.2 Å². The lowest BCUT2D eigenvalue weighted by molar-refractivity contribution is -0.135. The molecule has 0 saturated heterocycles. The predicted octanol–water partition coefficient (Wildman–Crippen LogP) is 4.31. The molecule has 1 atom stereocenters. The highest BCUT2D eigenvalue weighted by molar-refractivity contribution is 7.10. The van der Waals surface area contributed by atoms with Crippen LogP contribution in [0.15, 0.2) is 35.7 Å². The van der Waals surface area contributed by atoms with E-state index in [0.29, 0.717) is 11.5 Å². The zero-order valence-electron chi connectivity index (χ0n) is 14.8. The first-order valence-electron chi connectivity index (χ1n) is 8.43. The molecule has 2 heterocycles. The second-order valence-electron chi connectivity index (χ2n) is 6.01. The number of fused-ring (bicyclic) bond motifs is 1. The molecule has 0 fully saturated rings. The van der Waals surface area contributed by atoms with Crippen LogP contribution < -0.4 is 9.47 Å². The van der Waals surface area contributed by atoms with E-state index in [1.54, 1.807) is 18.4 Å². The molecule has 1 unspecified atom stereocenters. The van der Waals surface area contributed by atoms with Crippen LogP contribution in [0.2, 0.25) is 0 Å². The van der Waals surface area contributed by atoms with Crippen molar-refractivity contribution >= 4 is 23.3 Å². The van der Waals surface area contributed by atoms with E-state index < -0.39 is 0 Å². The summed E-state index contributed by atoms with van der Waals surface area (Å²) in [5, 5.41) is 2.10. The van der Waals surface area contributed by atoms with Crippen molar-refractivity contribution in [1.29, 1.82) is 0 Å². The number of rotatable bonds is 5. The van der Waals surface area contributed by atoms with Crippen molar-refractivity contribution in [2.24, 2.45) is 0 Å². The number of methoxy groups -OCH3 is 1. The van der Waals surface area contributed by atoms with Gasteiger partial charge in [-0.3, -0.25) is 4.79 Å². The molecule has 5 heteroatoms. The normalized spacial score (nSPS) is 16.8. The van der Waals surface area contributed by atoms with Crippen molar-refractivity contribution in [2.75, 3.05) is 20.3 Å². The molecule has 1 aromatic heterocycles. The topological polar surface area (TPSA) is 38.8 Å². The summed E-state index contributed by atoms with van der Waals surface area (Å²) in [6.45, 7) is 4.81. The van der Waals surface area contributed by atoms with Gasteiger partial charge in [0.1, 0.15) is 0 Å². The molecule has 0 N–H and O–H groups in total. The van der Waals surface area contributed by atoms with Crippen molar-refractivity contribution in [2.45, 2.75) is 26.3 Å². The van der Waals surface area contributed by atoms with Crippen LogP contribution in [0.1, 0.15) is 35.9 Å². The predicted molar refractivity (Wildman–Crippen MR) is 101 cm³/mol. The lowest BCUT2D eigenvalue weighted by atomic mass is 10.0. The molecule has 0 radical (unpaired) electrons. The Balaban J connectivity index is 1.67. The maximum atomic E-state index is 12.6. The van der Waals surface area contributed by atoms with E-state index in [1.165, 1.54) is 10.4 Å². The van der Waals surface area contributed by atoms with Gasteiger partial charge in [0.05, 0.1) is 13.2 Å². The first-order chi connectivity index (χ1) is 12.1. The van der Waals surface area contributed by atoms with Gasteiger partial charge in [-0.25, -0.2) is 0 Å². The van der Waals surface area contributed by atoms with Crippen LogP contribution in [0.3, 0.4) is 0 Å². The average Bonchev–Trinajstić information content (AvgIpc) is 3.10. The van der Waals surface area contributed by atoms with E-state index in [0.717, 1.165) is 18.5 Å². The summed E-state index contributed by atoms with van der Waals surface area (Å²) in [6.07, 6.45) is 4.88. The molecule has 2 aromatic rings. The zero-order chi connectivity index (χ0) is 17.8. The maximum Gasteiger partial charge on any atom is 0.261 e. The lowest BCUT2D eigenvalue weighted by Crippen LogP contribution is -2.40. The lowest BCUT2D eigenvalue weighted by Gasteiger charge is -2.33. The van der Waals surface area contributed by atoms with E-state index in [1.807, 2.05) is 42.2 Å². The van der Waals surface area contributed by atoms with Gasteiger partial charge in [0, 0.05) is 11.4 Å². The number of hydrogen-bond donors (Lipinski definition) is 0. The number of allylic oxidation sites excluding steroid dienone is 1. The fourth-order valence-electron chi connectivity index (χ4n) is 3.17. The van der Waals surface area contributed by atoms with Gasteiger partial charge in [-0.05, 0) is 55.0 Å². The van der Waals surface area contributed by atoms with Crippen molar-refractivity contribution in [1.82, 2.24) is 4.90 Å². The molecule has 4 nitrogen and oxygen atoms in total. The minimum atomic E-state index is 0.00364. The molecule has 1 aliphatic rings. The molecule has 0 saturated carbocycles. The van der Waals surface area contributed by atoms with Gasteiger partial charge in [-0.1, -0.05) is 18.2 Å². The molecule has 132 valence electrons. The van der Waals surface area contributed by atoms with Gasteiger partial charge in [0.25, 0.3) is 5.91 Å². The number of carbonyl (C=O) groups excluding carboxylic acids is 1. The number of amides is 1. The monoisotopic (exact) mass is 357 g/mol. The SMILES string of the molecule is C/C=C/c1ccc(OCC(=O)N2CCc3sccc3C2C)c(OC)c1. The largest absolute Gasteiger partial charge is 0.493 e. The van der Waals surface area contributed by atoms with E-state index in [9.17, 15) is 4.79 Å². The van der Waals surface area contributed by atoms with E-state index in [-0.39, 0.29) is 18.6 Å². The minimum Gasteiger partial charge on any atom is -0.493 e. The number of nitrogens with zero attached hydrogens (tertiary/aromatic N) is 1. The molecule has 1 amide bonds. The molecule has 1 aromatic carbocycles. The van der Waals surface area contributed by atoms with Crippen molar-refractivity contribution in [3.63, 3.8) is 0 Å². The smallest absolute Gasteiger partial charge is 0.261 e. The fraction of sp³-hybridized carbons (Fsp3) is 0.350. The standard InChI is InChI=1S/C20H23NO3S/c1-4-5-15-6-7-17(18(12-15)23-3)24-13-20(22)21-10-8-19-16(14(21)2)9-11-25-19/h4-7,9,11-12,14H,8,10,13H2,1-3H3/b5-4+. The Bertz CT molecular complexity index is 781. The van der Waals surface area contributed by atoms with E-state index >= 15 is 0 Å². The van der Waals surface area contributed by atoms with Crippen molar-refractivity contribution < 1.29 is 14.3 Å². The van der Waals surface area contributed by atoms with Gasteiger partial charge >= 0.3 is 0 Å². The summed E-state index contributed by atoms with van der Waals surface area (Å²) in [5.41, 5.74) is 2.30. The molecule has 0 bridgehead atoms. The van der Waals surface area contributed by atoms with Gasteiger partial charge in [-0.15, -0.1) is 11.3 Å². The van der Waals surface area contributed by atoms with Crippen molar-refractivity contribution in [3.05, 3.63) is 51.7 Å². The molecule has 3 rings (SSSR count). The van der Waals surface area contributed by atoms with Crippen LogP contribution in [0.4, 0.5) is 0 Å². The van der Waals surface area contributed by atoms with E-state index in [4.69, 9.17) is 9.47 Å². The Labute approximate surface area is 152 Å².